The van der Waals surface area contributed by atoms with Crippen LogP contribution in [-0.2, 0) is 28.7 Å². The number of aliphatic hydroxyl groups is 1. The quantitative estimate of drug-likeness (QED) is 0.539. The molecule has 0 saturated heterocycles. The molecular weight excluding hydrogens is 440 g/mol. The van der Waals surface area contributed by atoms with Crippen LogP contribution in [0.2, 0.25) is 0 Å². The molecule has 4 aliphatic rings. The van der Waals surface area contributed by atoms with E-state index in [1.54, 1.807) is 12.2 Å². The molecule has 0 aromatic rings. The summed E-state index contributed by atoms with van der Waals surface area (Å²) in [7, 11) is 1.49. The minimum atomic E-state index is -1.19. The molecule has 7 atom stereocenters. The van der Waals surface area contributed by atoms with Crippen LogP contribution in [0.15, 0.2) is 23.8 Å². The van der Waals surface area contributed by atoms with Crippen LogP contribution in [0.5, 0.6) is 0 Å². The molecule has 0 amide bonds. The van der Waals surface area contributed by atoms with Gasteiger partial charge in [-0.15, -0.1) is 0 Å². The molecule has 3 fully saturated rings. The average molecular weight is 475 g/mol. The first kappa shape index (κ1) is 24.8. The maximum atomic E-state index is 13.4. The molecule has 2 N–H and O–H groups in total. The second kappa shape index (κ2) is 8.72. The molecule has 0 spiro atoms. The van der Waals surface area contributed by atoms with Gasteiger partial charge in [-0.3, -0.25) is 19.2 Å². The van der Waals surface area contributed by atoms with Gasteiger partial charge in [0.2, 0.25) is 5.78 Å². The standard InChI is InChI=1S/C26H34O8/c1-24-10-8-16(27)12-15(24)4-5-17-18-9-11-26(33-3,25(18,2)13-19(28)23(17)24)20(29)14-34-22(32)7-6-21(30)31/h8,10,12,17-19,23,28H,4-7,9,11,13-14H2,1-3H3,(H,30,31)/t17?,18?,19?,23?,24?,25-,26-/m0/s1. The Morgan fingerprint density at radius 1 is 1.18 bits per heavy atom. The molecule has 0 heterocycles. The van der Waals surface area contributed by atoms with E-state index in [2.05, 4.69) is 6.92 Å². The maximum Gasteiger partial charge on any atom is 0.306 e. The number of carbonyl (C=O) groups is 4. The fourth-order valence-electron chi connectivity index (χ4n) is 7.76. The van der Waals surface area contributed by atoms with Gasteiger partial charge in [0.1, 0.15) is 5.60 Å². The van der Waals surface area contributed by atoms with Crippen LogP contribution >= 0.6 is 0 Å². The van der Waals surface area contributed by atoms with Gasteiger partial charge in [-0.25, -0.2) is 0 Å². The summed E-state index contributed by atoms with van der Waals surface area (Å²) in [5, 5.41) is 20.2. The molecule has 8 nitrogen and oxygen atoms in total. The van der Waals surface area contributed by atoms with Gasteiger partial charge in [-0.1, -0.05) is 25.5 Å². The van der Waals surface area contributed by atoms with Crippen molar-refractivity contribution >= 4 is 23.5 Å². The second-order valence-corrected chi connectivity index (χ2v) is 10.8. The van der Waals surface area contributed by atoms with Crippen LogP contribution in [0.3, 0.4) is 0 Å². The van der Waals surface area contributed by atoms with Gasteiger partial charge in [0, 0.05) is 23.9 Å². The largest absolute Gasteiger partial charge is 0.481 e. The number of carbonyl (C=O) groups excluding carboxylic acids is 3. The Balaban J connectivity index is 1.57. The number of fused-ring (bicyclic) bond motifs is 5. The minimum absolute atomic E-state index is 0.0103. The normalized spacial score (nSPS) is 40.6. The highest BCUT2D eigenvalue weighted by atomic mass is 16.5. The monoisotopic (exact) mass is 474 g/mol. The first-order valence-corrected chi connectivity index (χ1v) is 12.1. The predicted octanol–water partition coefficient (Wildman–Crippen LogP) is 2.63. The molecule has 0 aliphatic heterocycles. The third kappa shape index (κ3) is 3.66. The summed E-state index contributed by atoms with van der Waals surface area (Å²) in [6, 6.07) is 0. The van der Waals surface area contributed by atoms with E-state index in [0.29, 0.717) is 12.8 Å². The highest BCUT2D eigenvalue weighted by molar-refractivity contribution is 6.01. The van der Waals surface area contributed by atoms with E-state index in [9.17, 15) is 24.3 Å². The number of aliphatic carboxylic acids is 1. The number of esters is 1. The van der Waals surface area contributed by atoms with E-state index in [4.69, 9.17) is 14.6 Å². The zero-order valence-electron chi connectivity index (χ0n) is 20.0. The van der Waals surface area contributed by atoms with E-state index >= 15 is 0 Å². The van der Waals surface area contributed by atoms with Gasteiger partial charge in [-0.05, 0) is 56.1 Å². The van der Waals surface area contributed by atoms with Crippen LogP contribution in [0.25, 0.3) is 0 Å². The molecule has 4 rings (SSSR count). The fourth-order valence-corrected chi connectivity index (χ4v) is 7.76. The predicted molar refractivity (Wildman–Crippen MR) is 121 cm³/mol. The maximum absolute atomic E-state index is 13.4. The second-order valence-electron chi connectivity index (χ2n) is 10.8. The number of carboxylic acid groups (broad SMARTS) is 1. The van der Waals surface area contributed by atoms with Crippen molar-refractivity contribution in [1.82, 2.24) is 0 Å². The summed E-state index contributed by atoms with van der Waals surface area (Å²) in [6.45, 7) is 3.63. The van der Waals surface area contributed by atoms with Gasteiger partial charge in [0.15, 0.2) is 12.4 Å². The summed E-state index contributed by atoms with van der Waals surface area (Å²) in [5.74, 6) is -1.95. The summed E-state index contributed by atoms with van der Waals surface area (Å²) >= 11 is 0. The number of Topliss-reactive ketones (excluding diaryl/α,β-unsaturated/α-hetero) is 1. The van der Waals surface area contributed by atoms with Gasteiger partial charge in [-0.2, -0.15) is 0 Å². The van der Waals surface area contributed by atoms with Crippen molar-refractivity contribution in [3.05, 3.63) is 23.8 Å². The lowest BCUT2D eigenvalue weighted by molar-refractivity contribution is -0.188. The Morgan fingerprint density at radius 3 is 2.59 bits per heavy atom. The highest BCUT2D eigenvalue weighted by Crippen LogP contribution is 2.67. The van der Waals surface area contributed by atoms with E-state index < -0.39 is 35.7 Å². The first-order chi connectivity index (χ1) is 16.0. The molecule has 0 radical (unpaired) electrons. The minimum Gasteiger partial charge on any atom is -0.481 e. The lowest BCUT2D eigenvalue weighted by Crippen LogP contribution is -2.62. The molecule has 3 saturated carbocycles. The average Bonchev–Trinajstić information content (AvgIpc) is 3.08. The number of carboxylic acids is 1. The lowest BCUT2D eigenvalue weighted by atomic mass is 9.46. The third-order valence-electron chi connectivity index (χ3n) is 9.32. The third-order valence-corrected chi connectivity index (χ3v) is 9.32. The zero-order valence-corrected chi connectivity index (χ0v) is 20.0. The number of aliphatic hydroxyl groups excluding tert-OH is 1. The number of hydrogen-bond acceptors (Lipinski definition) is 7. The summed E-state index contributed by atoms with van der Waals surface area (Å²) in [6.07, 6.45) is 7.15. The Bertz CT molecular complexity index is 966. The van der Waals surface area contributed by atoms with Crippen LogP contribution in [0, 0.1) is 28.6 Å². The molecular formula is C26H34O8. The summed E-state index contributed by atoms with van der Waals surface area (Å²) < 4.78 is 11.0. The van der Waals surface area contributed by atoms with Gasteiger partial charge in [0.25, 0.3) is 0 Å². The number of allylic oxidation sites excluding steroid dienone is 4. The molecule has 0 aromatic carbocycles. The van der Waals surface area contributed by atoms with Crippen molar-refractivity contribution in [2.45, 2.75) is 70.5 Å². The van der Waals surface area contributed by atoms with E-state index in [-0.39, 0.29) is 47.6 Å². The van der Waals surface area contributed by atoms with Gasteiger partial charge in [0.05, 0.1) is 18.9 Å². The lowest BCUT2D eigenvalue weighted by Gasteiger charge is -2.60. The van der Waals surface area contributed by atoms with Crippen molar-refractivity contribution < 1.29 is 38.9 Å². The van der Waals surface area contributed by atoms with Crippen molar-refractivity contribution in [3.8, 4) is 0 Å². The summed E-state index contributed by atoms with van der Waals surface area (Å²) in [5.41, 5.74) is -1.14. The molecule has 0 bridgehead atoms. The number of hydrogen-bond donors (Lipinski definition) is 2. The van der Waals surface area contributed by atoms with Crippen LogP contribution in [0.1, 0.15) is 58.8 Å². The Hall–Kier alpha value is -2.32. The van der Waals surface area contributed by atoms with Crippen molar-refractivity contribution in [3.63, 3.8) is 0 Å². The SMILES string of the molecule is CO[C@]1(C(=O)COC(=O)CCC(=O)O)CCC2C3CCC4=CC(=O)C=CC4(C)C3C(O)C[C@@]21C. The molecule has 186 valence electrons. The fraction of sp³-hybridized carbons (Fsp3) is 0.692. The Morgan fingerprint density at radius 2 is 1.91 bits per heavy atom. The Labute approximate surface area is 199 Å². The van der Waals surface area contributed by atoms with Crippen LogP contribution in [0.4, 0.5) is 0 Å². The smallest absolute Gasteiger partial charge is 0.306 e. The van der Waals surface area contributed by atoms with E-state index in [0.717, 1.165) is 24.8 Å². The van der Waals surface area contributed by atoms with E-state index in [1.165, 1.54) is 7.11 Å². The molecule has 34 heavy (non-hydrogen) atoms. The van der Waals surface area contributed by atoms with Crippen LogP contribution < -0.4 is 0 Å². The van der Waals surface area contributed by atoms with Crippen molar-refractivity contribution in [2.24, 2.45) is 28.6 Å². The van der Waals surface area contributed by atoms with Crippen LogP contribution in [-0.4, -0.2) is 59.1 Å². The molecule has 4 aliphatic carbocycles. The van der Waals surface area contributed by atoms with Crippen molar-refractivity contribution in [2.75, 3.05) is 13.7 Å². The summed E-state index contributed by atoms with van der Waals surface area (Å²) in [4.78, 5) is 48.0. The Kier molecular flexibility index (Phi) is 6.36. The topological polar surface area (TPSA) is 127 Å². The molecule has 8 heteroatoms. The number of ketones is 2. The van der Waals surface area contributed by atoms with Gasteiger partial charge >= 0.3 is 11.9 Å². The number of ether oxygens (including phenoxy) is 2. The van der Waals surface area contributed by atoms with Gasteiger partial charge < -0.3 is 19.7 Å². The van der Waals surface area contributed by atoms with Crippen molar-refractivity contribution in [1.29, 1.82) is 0 Å². The highest BCUT2D eigenvalue weighted by Gasteiger charge is 2.69. The first-order valence-electron chi connectivity index (χ1n) is 12.1. The molecule has 0 aromatic heterocycles. The zero-order chi connectivity index (χ0) is 24.9. The molecule has 5 unspecified atom stereocenters. The number of rotatable bonds is 7. The van der Waals surface area contributed by atoms with E-state index in [1.807, 2.05) is 13.0 Å². The number of methoxy groups -OCH3 is 1.